The lowest BCUT2D eigenvalue weighted by Gasteiger charge is -2.34. The molecule has 0 bridgehead atoms. The van der Waals surface area contributed by atoms with Crippen LogP contribution in [0, 0.1) is 22.7 Å². The SMILES string of the molecule is C.C=CCC(C)(C)C(=O)O.C=CCC(C)(C)C(=O)O[C@H](C(=O)N[C@@H](C)C(=O)N1CCC[C@@H](C(=O)OCC(Cl)(Cl)Cl)N1)C(C)C.CC(C)[C@H](O)C(=O)N[C@@H](C)C(=O)N1CCC[C@@H](C(=O)OCC(Cl)(Cl)Cl)N1. The van der Waals surface area contributed by atoms with Crippen molar-refractivity contribution in [1.82, 2.24) is 31.5 Å². The molecule has 6 N–H and O–H groups in total. The van der Waals surface area contributed by atoms with Crippen molar-refractivity contribution in [2.75, 3.05) is 26.3 Å². The number of carbonyl (C=O) groups is 8. The Morgan fingerprint density at radius 3 is 1.36 bits per heavy atom. The van der Waals surface area contributed by atoms with Crippen LogP contribution < -0.4 is 21.5 Å². The van der Waals surface area contributed by atoms with Crippen LogP contribution in [0.25, 0.3) is 0 Å². The van der Waals surface area contributed by atoms with Gasteiger partial charge in [0.15, 0.2) is 6.10 Å². The number of carboxylic acids is 1. The number of halogens is 6. The van der Waals surface area contributed by atoms with Crippen LogP contribution in [-0.2, 0) is 52.6 Å². The maximum absolute atomic E-state index is 12.9. The molecule has 0 aromatic carbocycles. The summed E-state index contributed by atoms with van der Waals surface area (Å²) in [5.74, 6) is -5.32. The lowest BCUT2D eigenvalue weighted by molar-refractivity contribution is -0.167. The summed E-state index contributed by atoms with van der Waals surface area (Å²) in [6.07, 6.45) is 3.81. The highest BCUT2D eigenvalue weighted by atomic mass is 35.6. The molecule has 0 radical (unpaired) electrons. The molecule has 4 amide bonds. The van der Waals surface area contributed by atoms with Gasteiger partial charge in [0.25, 0.3) is 17.7 Å². The zero-order valence-corrected chi connectivity index (χ0v) is 45.3. The molecule has 0 saturated carbocycles. The van der Waals surface area contributed by atoms with Crippen molar-refractivity contribution in [3.63, 3.8) is 0 Å². The largest absolute Gasteiger partial charge is 0.481 e. The van der Waals surface area contributed by atoms with Crippen molar-refractivity contribution in [2.24, 2.45) is 22.7 Å². The van der Waals surface area contributed by atoms with Gasteiger partial charge >= 0.3 is 23.9 Å². The number of hydrogen-bond acceptors (Lipinski definition) is 14. The van der Waals surface area contributed by atoms with Gasteiger partial charge in [-0.05, 0) is 91.9 Å². The summed E-state index contributed by atoms with van der Waals surface area (Å²) in [6, 6.07) is -3.38. The van der Waals surface area contributed by atoms with Crippen molar-refractivity contribution in [3.05, 3.63) is 25.3 Å². The van der Waals surface area contributed by atoms with E-state index in [0.717, 1.165) is 0 Å². The van der Waals surface area contributed by atoms with Gasteiger partial charge in [0.2, 0.25) is 13.5 Å². The summed E-state index contributed by atoms with van der Waals surface area (Å²) in [6.45, 7) is 23.6. The van der Waals surface area contributed by atoms with Gasteiger partial charge in [-0.25, -0.2) is 10.9 Å². The Labute approximate surface area is 442 Å². The molecule has 0 aromatic heterocycles. The van der Waals surface area contributed by atoms with Crippen molar-refractivity contribution < 1.29 is 62.8 Å². The van der Waals surface area contributed by atoms with E-state index in [1.54, 1.807) is 67.5 Å². The lowest BCUT2D eigenvalue weighted by Crippen LogP contribution is -2.60. The molecule has 2 aliphatic heterocycles. The molecule has 2 saturated heterocycles. The normalized spacial score (nSPS) is 18.0. The summed E-state index contributed by atoms with van der Waals surface area (Å²) in [5, 5.41) is 25.8. The monoisotopic (exact) mass is 1120 g/mol. The highest BCUT2D eigenvalue weighted by Crippen LogP contribution is 2.28. The molecule has 6 atom stereocenters. The summed E-state index contributed by atoms with van der Waals surface area (Å²) in [7, 11) is 0. The van der Waals surface area contributed by atoms with Crippen molar-refractivity contribution in [3.8, 4) is 0 Å². The number of carboxylic acid groups (broad SMARTS) is 1. The standard InChI is InChI=1S/C22H34Cl3N3O6.C15H24Cl3N3O5.C7H12O2.CH4/c1-7-10-21(5,6)20(32)34-16(13(2)3)17(29)26-14(4)18(30)28-11-8-9-15(27-28)19(31)33-12-22(23,24)25;1-8(2)11(22)12(23)19-9(3)13(24)21-6-4-5-10(20-21)14(25)26-7-15(16,17)18;1-4-5-7(2,3)6(8)9;/h7,13-16,27H,1,8-12H2,2-6H3,(H,26,29);8-11,20,22H,4-7H2,1-3H3,(H,19,23);4H,1,5H2,2-3H3,(H,8,9);1H4/t14-,15-,16-;9-,10-,11-;;/m00../s1. The molecule has 2 heterocycles. The maximum Gasteiger partial charge on any atom is 0.325 e. The molecule has 19 nitrogen and oxygen atoms in total. The topological polar surface area (TPSA) is 259 Å². The highest BCUT2D eigenvalue weighted by molar-refractivity contribution is 6.68. The average molecular weight is 1120 g/mol. The Morgan fingerprint density at radius 1 is 0.671 bits per heavy atom. The fourth-order valence-corrected chi connectivity index (χ4v) is 6.21. The first kappa shape index (κ1) is 68.9. The number of aliphatic carboxylic acids is 1. The third-order valence-electron chi connectivity index (χ3n) is 10.1. The third kappa shape index (κ3) is 26.0. The number of hydrazine groups is 2. The van der Waals surface area contributed by atoms with E-state index in [9.17, 15) is 43.5 Å². The van der Waals surface area contributed by atoms with E-state index in [1.807, 2.05) is 0 Å². The van der Waals surface area contributed by atoms with Crippen molar-refractivity contribution >= 4 is 117 Å². The molecule has 404 valence electrons. The predicted octanol–water partition coefficient (Wildman–Crippen LogP) is 6.30. The van der Waals surface area contributed by atoms with Crippen molar-refractivity contribution in [1.29, 1.82) is 0 Å². The minimum atomic E-state index is -1.74. The molecule has 0 aromatic rings. The van der Waals surface area contributed by atoms with E-state index in [4.69, 9.17) is 88.9 Å². The smallest absolute Gasteiger partial charge is 0.325 e. The highest BCUT2D eigenvalue weighted by Gasteiger charge is 2.38. The van der Waals surface area contributed by atoms with Crippen LogP contribution >= 0.6 is 69.6 Å². The van der Waals surface area contributed by atoms with Gasteiger partial charge in [0.05, 0.1) is 10.8 Å². The molecule has 70 heavy (non-hydrogen) atoms. The number of aliphatic hydroxyl groups excluding tert-OH is 1. The number of allylic oxidation sites excluding steroid dienone is 2. The van der Waals surface area contributed by atoms with Crippen LogP contribution in [-0.4, -0.2) is 138 Å². The van der Waals surface area contributed by atoms with Crippen LogP contribution in [0.5, 0.6) is 0 Å². The number of alkyl halides is 6. The summed E-state index contributed by atoms with van der Waals surface area (Å²) in [4.78, 5) is 97.2. The Morgan fingerprint density at radius 2 is 1.04 bits per heavy atom. The van der Waals surface area contributed by atoms with E-state index < -0.39 is 116 Å². The zero-order valence-electron chi connectivity index (χ0n) is 40.8. The quantitative estimate of drug-likeness (QED) is 0.0359. The summed E-state index contributed by atoms with van der Waals surface area (Å²) < 4.78 is 11.9. The van der Waals surface area contributed by atoms with Crippen LogP contribution in [0.2, 0.25) is 0 Å². The van der Waals surface area contributed by atoms with Gasteiger partial charge in [-0.1, -0.05) is 117 Å². The van der Waals surface area contributed by atoms with Crippen LogP contribution in [0.3, 0.4) is 0 Å². The number of amides is 4. The number of esters is 3. The van der Waals surface area contributed by atoms with E-state index in [1.165, 1.54) is 23.9 Å². The van der Waals surface area contributed by atoms with Gasteiger partial charge in [0.1, 0.15) is 43.5 Å². The molecule has 25 heteroatoms. The Kier molecular flexibility index (Phi) is 31.0. The minimum absolute atomic E-state index is 0. The average Bonchev–Trinajstić information content (AvgIpc) is 3.25. The second-order valence-electron chi connectivity index (χ2n) is 18.4. The van der Waals surface area contributed by atoms with E-state index in [-0.39, 0.29) is 19.3 Å². The number of nitrogens with zero attached hydrogens (tertiary/aromatic N) is 2. The zero-order chi connectivity index (χ0) is 53.8. The second-order valence-corrected chi connectivity index (χ2v) is 23.4. The van der Waals surface area contributed by atoms with Gasteiger partial charge in [0, 0.05) is 13.1 Å². The number of aliphatic hydroxyl groups is 1. The van der Waals surface area contributed by atoms with Crippen molar-refractivity contribution in [2.45, 2.75) is 159 Å². The van der Waals surface area contributed by atoms with E-state index in [2.05, 4.69) is 34.6 Å². The Balaban J connectivity index is 0. The number of nitrogens with one attached hydrogen (secondary N) is 4. The molecule has 2 rings (SSSR count). The van der Waals surface area contributed by atoms with Gasteiger partial charge in [-0.3, -0.25) is 48.4 Å². The number of hydrogen-bond donors (Lipinski definition) is 6. The fraction of sp³-hybridized carbons (Fsp3) is 0.733. The number of rotatable bonds is 19. The first-order valence-corrected chi connectivity index (χ1v) is 24.4. The Bertz CT molecular complexity index is 1780. The maximum atomic E-state index is 12.9. The molecule has 0 unspecified atom stereocenters. The van der Waals surface area contributed by atoms with Gasteiger partial charge in [-0.15, -0.1) is 13.2 Å². The van der Waals surface area contributed by atoms with Crippen LogP contribution in [0.4, 0.5) is 0 Å². The Hall–Kier alpha value is -3.14. The molecule has 0 spiro atoms. The number of ether oxygens (including phenoxy) is 3. The molecule has 2 fully saturated rings. The molecule has 0 aliphatic carbocycles. The molecular weight excluding hydrogens is 1050 g/mol. The molecule has 2 aliphatic rings. The summed E-state index contributed by atoms with van der Waals surface area (Å²) >= 11 is 33.4. The minimum Gasteiger partial charge on any atom is -0.481 e. The predicted molar refractivity (Wildman–Crippen MR) is 271 cm³/mol. The van der Waals surface area contributed by atoms with Crippen LogP contribution in [0.15, 0.2) is 25.3 Å². The van der Waals surface area contributed by atoms with Crippen LogP contribution in [0.1, 0.15) is 115 Å². The van der Waals surface area contributed by atoms with E-state index in [0.29, 0.717) is 51.6 Å². The van der Waals surface area contributed by atoms with E-state index >= 15 is 0 Å². The molecular formula is C45H74Cl6N6O13. The third-order valence-corrected chi connectivity index (χ3v) is 10.8. The lowest BCUT2D eigenvalue weighted by atomic mass is 9.89. The summed E-state index contributed by atoms with van der Waals surface area (Å²) in [5.41, 5.74) is 4.07. The first-order valence-electron chi connectivity index (χ1n) is 22.1. The fourth-order valence-electron chi connectivity index (χ4n) is 5.88. The second kappa shape index (κ2) is 31.4. The number of carbonyl (C=O) groups excluding carboxylic acids is 7. The first-order chi connectivity index (χ1) is 31.5. The van der Waals surface area contributed by atoms with Gasteiger partial charge < -0.3 is 35.1 Å². The van der Waals surface area contributed by atoms with Gasteiger partial charge in [-0.2, -0.15) is 0 Å².